The first-order chi connectivity index (χ1) is 15.3. The van der Waals surface area contributed by atoms with Crippen molar-refractivity contribution in [3.8, 4) is 0 Å². The number of benzene rings is 2. The third-order valence-corrected chi connectivity index (χ3v) is 6.42. The summed E-state index contributed by atoms with van der Waals surface area (Å²) in [5.74, 6) is -0.593. The highest BCUT2D eigenvalue weighted by Crippen LogP contribution is 2.38. The summed E-state index contributed by atoms with van der Waals surface area (Å²) < 4.78 is 0. The molecular formula is C25H30N4O3. The number of hydrogen-bond donors (Lipinski definition) is 3. The number of carbonyl (C=O) groups is 3. The van der Waals surface area contributed by atoms with Gasteiger partial charge in [0.1, 0.15) is 0 Å². The summed E-state index contributed by atoms with van der Waals surface area (Å²) >= 11 is 0. The quantitative estimate of drug-likeness (QED) is 0.688. The lowest BCUT2D eigenvalue weighted by Crippen LogP contribution is -2.49. The number of anilines is 2. The predicted octanol–water partition coefficient (Wildman–Crippen LogP) is 3.43. The Hall–Kier alpha value is -3.19. The zero-order chi connectivity index (χ0) is 22.8. The highest BCUT2D eigenvalue weighted by Gasteiger charge is 2.32. The molecule has 1 aliphatic heterocycles. The highest BCUT2D eigenvalue weighted by atomic mass is 16.2. The molecule has 0 bridgehead atoms. The van der Waals surface area contributed by atoms with Crippen LogP contribution in [-0.4, -0.2) is 29.8 Å². The first-order valence-corrected chi connectivity index (χ1v) is 11.2. The predicted molar refractivity (Wildman–Crippen MR) is 124 cm³/mol. The minimum absolute atomic E-state index is 0.0447. The zero-order valence-electron chi connectivity index (χ0n) is 18.6. The Balaban J connectivity index is 1.65. The molecule has 7 heteroatoms. The lowest BCUT2D eigenvalue weighted by atomic mass is 9.91. The Morgan fingerprint density at radius 2 is 1.81 bits per heavy atom. The molecule has 4 rings (SSSR count). The monoisotopic (exact) mass is 434 g/mol. The topological polar surface area (TPSA) is 105 Å². The van der Waals surface area contributed by atoms with Crippen LogP contribution in [0.5, 0.6) is 0 Å². The normalized spacial score (nSPS) is 23.0. The molecule has 1 fully saturated rings. The summed E-state index contributed by atoms with van der Waals surface area (Å²) in [5.41, 5.74) is 9.64. The molecule has 0 aromatic heterocycles. The van der Waals surface area contributed by atoms with Gasteiger partial charge in [-0.1, -0.05) is 42.7 Å². The molecule has 0 spiro atoms. The second-order valence-electron chi connectivity index (χ2n) is 8.83. The minimum Gasteiger partial charge on any atom is -0.348 e. The molecule has 2 aliphatic rings. The summed E-state index contributed by atoms with van der Waals surface area (Å²) in [6.45, 7) is 3.49. The summed E-state index contributed by atoms with van der Waals surface area (Å²) in [6, 6.07) is 12.4. The number of hydrogen-bond acceptors (Lipinski definition) is 4. The van der Waals surface area contributed by atoms with Crippen LogP contribution >= 0.6 is 0 Å². The second-order valence-corrected chi connectivity index (χ2v) is 8.83. The maximum Gasteiger partial charge on any atom is 0.251 e. The van der Waals surface area contributed by atoms with Crippen LogP contribution in [0, 0.1) is 6.92 Å². The van der Waals surface area contributed by atoms with Crippen LogP contribution in [0.15, 0.2) is 42.5 Å². The maximum atomic E-state index is 12.9. The van der Waals surface area contributed by atoms with E-state index in [9.17, 15) is 14.4 Å². The molecule has 1 saturated carbocycles. The van der Waals surface area contributed by atoms with E-state index >= 15 is 0 Å². The Bertz CT molecular complexity index is 1030. The fraction of sp³-hybridized carbons (Fsp3) is 0.400. The van der Waals surface area contributed by atoms with Crippen LogP contribution in [0.4, 0.5) is 11.4 Å². The molecule has 1 aliphatic carbocycles. The van der Waals surface area contributed by atoms with Gasteiger partial charge in [0, 0.05) is 24.6 Å². The first kappa shape index (κ1) is 22.0. The number of aryl methyl sites for hydroxylation is 1. The molecule has 4 N–H and O–H groups in total. The first-order valence-electron chi connectivity index (χ1n) is 11.2. The van der Waals surface area contributed by atoms with Crippen LogP contribution in [0.25, 0.3) is 0 Å². The Kier molecular flexibility index (Phi) is 6.28. The third-order valence-electron chi connectivity index (χ3n) is 6.42. The molecule has 2 aromatic carbocycles. The Morgan fingerprint density at radius 1 is 1.09 bits per heavy atom. The van der Waals surface area contributed by atoms with Crippen molar-refractivity contribution in [2.75, 3.05) is 10.2 Å². The van der Waals surface area contributed by atoms with Crippen molar-refractivity contribution < 1.29 is 14.4 Å². The van der Waals surface area contributed by atoms with Gasteiger partial charge in [-0.15, -0.1) is 0 Å². The Labute approximate surface area is 188 Å². The van der Waals surface area contributed by atoms with E-state index in [-0.39, 0.29) is 36.2 Å². The van der Waals surface area contributed by atoms with Crippen LogP contribution in [0.1, 0.15) is 66.6 Å². The average molecular weight is 435 g/mol. The van der Waals surface area contributed by atoms with Gasteiger partial charge in [-0.05, 0) is 43.5 Å². The van der Waals surface area contributed by atoms with Crippen molar-refractivity contribution in [2.24, 2.45) is 5.73 Å². The summed E-state index contributed by atoms with van der Waals surface area (Å²) in [6.07, 6.45) is 4.04. The van der Waals surface area contributed by atoms with Gasteiger partial charge < -0.3 is 21.3 Å². The molecular weight excluding hydrogens is 404 g/mol. The lowest BCUT2D eigenvalue weighted by Gasteiger charge is -2.30. The minimum atomic E-state index is -0.422. The SMILES string of the molecule is CC(=O)N1c2ccc(C(=O)NC3CCCCC3N)cc2NC(=O)CC1c1ccc(C)cc1. The van der Waals surface area contributed by atoms with Gasteiger partial charge in [-0.2, -0.15) is 0 Å². The molecule has 1 heterocycles. The number of carbonyl (C=O) groups excluding carboxylic acids is 3. The standard InChI is InChI=1S/C25H30N4O3/c1-15-7-9-17(10-8-15)23-14-24(31)27-21-13-18(11-12-22(21)29(23)16(2)30)25(32)28-20-6-4-3-5-19(20)26/h7-13,19-20,23H,3-6,14,26H2,1-2H3,(H,27,31)(H,28,32). The third kappa shape index (κ3) is 4.53. The van der Waals surface area contributed by atoms with Crippen molar-refractivity contribution in [1.29, 1.82) is 0 Å². The Morgan fingerprint density at radius 3 is 2.50 bits per heavy atom. The van der Waals surface area contributed by atoms with Crippen LogP contribution in [0.2, 0.25) is 0 Å². The number of amides is 3. The number of rotatable bonds is 3. The van der Waals surface area contributed by atoms with Gasteiger partial charge in [-0.3, -0.25) is 14.4 Å². The van der Waals surface area contributed by atoms with Crippen molar-refractivity contribution in [1.82, 2.24) is 5.32 Å². The van der Waals surface area contributed by atoms with Gasteiger partial charge in [0.05, 0.1) is 23.8 Å². The molecule has 7 nitrogen and oxygen atoms in total. The van der Waals surface area contributed by atoms with Crippen molar-refractivity contribution in [2.45, 2.75) is 64.1 Å². The molecule has 2 aromatic rings. The number of fused-ring (bicyclic) bond motifs is 1. The number of nitrogens with one attached hydrogen (secondary N) is 2. The fourth-order valence-corrected chi connectivity index (χ4v) is 4.66. The maximum absolute atomic E-state index is 12.9. The molecule has 0 saturated heterocycles. The van der Waals surface area contributed by atoms with E-state index < -0.39 is 6.04 Å². The molecule has 3 amide bonds. The highest BCUT2D eigenvalue weighted by molar-refractivity contribution is 6.06. The van der Waals surface area contributed by atoms with Crippen LogP contribution in [0.3, 0.4) is 0 Å². The summed E-state index contributed by atoms with van der Waals surface area (Å²) in [4.78, 5) is 39.9. The second kappa shape index (κ2) is 9.12. The fourth-order valence-electron chi connectivity index (χ4n) is 4.66. The van der Waals surface area contributed by atoms with E-state index in [4.69, 9.17) is 5.73 Å². The summed E-state index contributed by atoms with van der Waals surface area (Å²) in [5, 5.41) is 5.92. The lowest BCUT2D eigenvalue weighted by molar-refractivity contribution is -0.118. The van der Waals surface area contributed by atoms with E-state index in [1.165, 1.54) is 6.92 Å². The molecule has 168 valence electrons. The van der Waals surface area contributed by atoms with Gasteiger partial charge in [-0.25, -0.2) is 0 Å². The van der Waals surface area contributed by atoms with Crippen molar-refractivity contribution in [3.63, 3.8) is 0 Å². The van der Waals surface area contributed by atoms with Gasteiger partial charge in [0.25, 0.3) is 5.91 Å². The number of nitrogens with zero attached hydrogens (tertiary/aromatic N) is 1. The van der Waals surface area contributed by atoms with Gasteiger partial charge in [0.15, 0.2) is 0 Å². The van der Waals surface area contributed by atoms with Crippen molar-refractivity contribution in [3.05, 3.63) is 59.2 Å². The van der Waals surface area contributed by atoms with Crippen LogP contribution in [-0.2, 0) is 9.59 Å². The van der Waals surface area contributed by atoms with E-state index in [2.05, 4.69) is 10.6 Å². The van der Waals surface area contributed by atoms with E-state index in [1.807, 2.05) is 31.2 Å². The van der Waals surface area contributed by atoms with Crippen LogP contribution < -0.4 is 21.3 Å². The van der Waals surface area contributed by atoms with E-state index in [0.29, 0.717) is 16.9 Å². The van der Waals surface area contributed by atoms with E-state index in [1.54, 1.807) is 23.1 Å². The average Bonchev–Trinajstić information content (AvgIpc) is 2.90. The van der Waals surface area contributed by atoms with Gasteiger partial charge in [0.2, 0.25) is 11.8 Å². The zero-order valence-corrected chi connectivity index (χ0v) is 18.6. The van der Waals surface area contributed by atoms with E-state index in [0.717, 1.165) is 36.8 Å². The summed E-state index contributed by atoms with van der Waals surface area (Å²) in [7, 11) is 0. The molecule has 0 radical (unpaired) electrons. The number of nitrogens with two attached hydrogens (primary N) is 1. The largest absolute Gasteiger partial charge is 0.348 e. The molecule has 32 heavy (non-hydrogen) atoms. The molecule has 3 unspecified atom stereocenters. The smallest absolute Gasteiger partial charge is 0.251 e. The van der Waals surface area contributed by atoms with Gasteiger partial charge >= 0.3 is 0 Å². The van der Waals surface area contributed by atoms with Crippen molar-refractivity contribution >= 4 is 29.1 Å². The molecule has 3 atom stereocenters.